The first-order valence-electron chi connectivity index (χ1n) is 3.19. The van der Waals surface area contributed by atoms with E-state index in [0.717, 1.165) is 12.2 Å². The highest BCUT2D eigenvalue weighted by molar-refractivity contribution is 4.94. The maximum atomic E-state index is 4.14. The Balaban J connectivity index is 2.85. The molecule has 0 aromatic carbocycles. The van der Waals surface area contributed by atoms with Crippen LogP contribution in [0.5, 0.6) is 0 Å². The van der Waals surface area contributed by atoms with Crippen LogP contribution < -0.4 is 0 Å². The molecular formula is C7H11N2. The van der Waals surface area contributed by atoms with Gasteiger partial charge in [0.2, 0.25) is 0 Å². The molecule has 0 aliphatic heterocycles. The highest BCUT2D eigenvalue weighted by atomic mass is 15.0. The maximum absolute atomic E-state index is 4.14. The van der Waals surface area contributed by atoms with Gasteiger partial charge in [0.1, 0.15) is 5.82 Å². The van der Waals surface area contributed by atoms with Crippen molar-refractivity contribution in [2.45, 2.75) is 20.3 Å². The third-order valence-corrected chi connectivity index (χ3v) is 1.34. The second-order valence-corrected chi connectivity index (χ2v) is 1.86. The summed E-state index contributed by atoms with van der Waals surface area (Å²) >= 11 is 0. The van der Waals surface area contributed by atoms with Crippen molar-refractivity contribution in [2.24, 2.45) is 0 Å². The lowest BCUT2D eigenvalue weighted by molar-refractivity contribution is 0.839. The van der Waals surface area contributed by atoms with Crippen LogP contribution in [0.25, 0.3) is 0 Å². The molecule has 2 nitrogen and oxygen atoms in total. The third kappa shape index (κ3) is 1.12. The van der Waals surface area contributed by atoms with Gasteiger partial charge in [-0.15, -0.1) is 0 Å². The molecule has 1 rings (SSSR count). The molecule has 0 N–H and O–H groups in total. The Morgan fingerprint density at radius 2 is 2.56 bits per heavy atom. The molecule has 2 heteroatoms. The molecule has 9 heavy (non-hydrogen) atoms. The van der Waals surface area contributed by atoms with Crippen LogP contribution in [-0.4, -0.2) is 9.55 Å². The molecule has 0 fully saturated rings. The smallest absolute Gasteiger partial charge is 0.108 e. The molecule has 0 saturated heterocycles. The molecule has 0 aliphatic carbocycles. The molecule has 0 aliphatic rings. The Morgan fingerprint density at radius 1 is 1.78 bits per heavy atom. The van der Waals surface area contributed by atoms with Crippen molar-refractivity contribution >= 4 is 0 Å². The van der Waals surface area contributed by atoms with Gasteiger partial charge in [0.05, 0.1) is 6.54 Å². The fourth-order valence-corrected chi connectivity index (χ4v) is 0.853. The number of hydrogen-bond acceptors (Lipinski definition) is 1. The van der Waals surface area contributed by atoms with Crippen LogP contribution >= 0.6 is 0 Å². The van der Waals surface area contributed by atoms with Gasteiger partial charge in [0, 0.05) is 18.8 Å². The number of nitrogens with zero attached hydrogens (tertiary/aromatic N) is 2. The Kier molecular flexibility index (Phi) is 1.88. The second-order valence-electron chi connectivity index (χ2n) is 1.86. The van der Waals surface area contributed by atoms with Crippen LogP contribution in [0.1, 0.15) is 19.7 Å². The highest BCUT2D eigenvalue weighted by Gasteiger charge is 1.94. The lowest BCUT2D eigenvalue weighted by Gasteiger charge is -1.98. The van der Waals surface area contributed by atoms with Crippen molar-refractivity contribution in [3.05, 3.63) is 24.8 Å². The molecule has 1 radical (unpaired) electrons. The standard InChI is InChI=1S/C7H11N2/c1-3-7-8-5-6-9(7)4-2/h4-6H,3H2,1-2H3. The summed E-state index contributed by atoms with van der Waals surface area (Å²) < 4.78 is 2.03. The van der Waals surface area contributed by atoms with Crippen molar-refractivity contribution in [3.63, 3.8) is 0 Å². The number of aryl methyl sites for hydroxylation is 1. The fraction of sp³-hybridized carbons (Fsp3) is 0.429. The van der Waals surface area contributed by atoms with E-state index < -0.39 is 0 Å². The number of hydrogen-bond donors (Lipinski definition) is 0. The first-order valence-corrected chi connectivity index (χ1v) is 3.19. The summed E-state index contributed by atoms with van der Waals surface area (Å²) in [4.78, 5) is 4.14. The summed E-state index contributed by atoms with van der Waals surface area (Å²) in [6.45, 7) is 6.11. The Labute approximate surface area is 55.5 Å². The topological polar surface area (TPSA) is 17.8 Å². The van der Waals surface area contributed by atoms with Crippen LogP contribution in [0, 0.1) is 6.54 Å². The minimum atomic E-state index is 0.997. The van der Waals surface area contributed by atoms with Crippen molar-refractivity contribution < 1.29 is 0 Å². The van der Waals surface area contributed by atoms with Crippen molar-refractivity contribution in [3.8, 4) is 0 Å². The number of rotatable bonds is 2. The zero-order valence-electron chi connectivity index (χ0n) is 5.83. The number of aromatic nitrogens is 2. The van der Waals surface area contributed by atoms with Gasteiger partial charge < -0.3 is 4.57 Å². The van der Waals surface area contributed by atoms with Crippen molar-refractivity contribution in [1.29, 1.82) is 0 Å². The first-order chi connectivity index (χ1) is 4.38. The zero-order chi connectivity index (χ0) is 6.69. The molecular weight excluding hydrogens is 112 g/mol. The van der Waals surface area contributed by atoms with E-state index in [2.05, 4.69) is 11.9 Å². The quantitative estimate of drug-likeness (QED) is 0.582. The van der Waals surface area contributed by atoms with Gasteiger partial charge in [-0.25, -0.2) is 4.98 Å². The summed E-state index contributed by atoms with van der Waals surface area (Å²) in [6.07, 6.45) is 4.77. The minimum Gasteiger partial charge on any atom is -0.330 e. The average molecular weight is 123 g/mol. The van der Waals surface area contributed by atoms with Crippen LogP contribution in [0.3, 0.4) is 0 Å². The molecule has 0 amide bonds. The lowest BCUT2D eigenvalue weighted by Crippen LogP contribution is -1.96. The fourth-order valence-electron chi connectivity index (χ4n) is 0.853. The average Bonchev–Trinajstić information content (AvgIpc) is 2.33. The van der Waals surface area contributed by atoms with Gasteiger partial charge in [-0.05, 0) is 6.92 Å². The van der Waals surface area contributed by atoms with Gasteiger partial charge in [-0.2, -0.15) is 0 Å². The molecule has 0 unspecified atom stereocenters. The summed E-state index contributed by atoms with van der Waals surface area (Å²) in [5.74, 6) is 1.12. The molecule has 0 spiro atoms. The van der Waals surface area contributed by atoms with Crippen LogP contribution in [0.15, 0.2) is 12.4 Å². The van der Waals surface area contributed by atoms with Crippen molar-refractivity contribution in [2.75, 3.05) is 0 Å². The number of imidazole rings is 1. The summed E-state index contributed by atoms with van der Waals surface area (Å²) in [6, 6.07) is 0. The van der Waals surface area contributed by atoms with E-state index in [9.17, 15) is 0 Å². The monoisotopic (exact) mass is 123 g/mol. The molecule has 1 aromatic rings. The predicted molar refractivity (Wildman–Crippen MR) is 37.0 cm³/mol. The normalized spacial score (nSPS) is 10.0. The van der Waals surface area contributed by atoms with E-state index >= 15 is 0 Å². The summed E-state index contributed by atoms with van der Waals surface area (Å²) in [7, 11) is 0. The van der Waals surface area contributed by atoms with Crippen LogP contribution in [-0.2, 0) is 6.42 Å². The SMILES string of the molecule is C[CH]n1ccnc1CC. The van der Waals surface area contributed by atoms with Gasteiger partial charge in [0.25, 0.3) is 0 Å². The Morgan fingerprint density at radius 3 is 3.00 bits per heavy atom. The molecule has 49 valence electrons. The Bertz CT molecular complexity index is 160. The minimum absolute atomic E-state index is 0.997. The Hall–Kier alpha value is -0.790. The van der Waals surface area contributed by atoms with E-state index in [4.69, 9.17) is 0 Å². The van der Waals surface area contributed by atoms with Crippen LogP contribution in [0.2, 0.25) is 0 Å². The van der Waals surface area contributed by atoms with Gasteiger partial charge >= 0.3 is 0 Å². The largest absolute Gasteiger partial charge is 0.330 e. The highest BCUT2D eigenvalue weighted by Crippen LogP contribution is 1.97. The molecule has 0 atom stereocenters. The first kappa shape index (κ1) is 6.33. The van der Waals surface area contributed by atoms with E-state index in [1.807, 2.05) is 30.4 Å². The van der Waals surface area contributed by atoms with Crippen LogP contribution in [0.4, 0.5) is 0 Å². The summed E-state index contributed by atoms with van der Waals surface area (Å²) in [5, 5.41) is 0. The lowest BCUT2D eigenvalue weighted by atomic mass is 10.4. The maximum Gasteiger partial charge on any atom is 0.108 e. The van der Waals surface area contributed by atoms with Gasteiger partial charge in [-0.1, -0.05) is 6.92 Å². The molecule has 1 aromatic heterocycles. The van der Waals surface area contributed by atoms with E-state index in [1.165, 1.54) is 0 Å². The van der Waals surface area contributed by atoms with E-state index in [1.54, 1.807) is 0 Å². The second kappa shape index (κ2) is 2.67. The van der Waals surface area contributed by atoms with Crippen molar-refractivity contribution in [1.82, 2.24) is 9.55 Å². The molecule has 1 heterocycles. The van der Waals surface area contributed by atoms with E-state index in [-0.39, 0.29) is 0 Å². The zero-order valence-corrected chi connectivity index (χ0v) is 5.83. The van der Waals surface area contributed by atoms with Gasteiger partial charge in [-0.3, -0.25) is 0 Å². The summed E-state index contributed by atoms with van der Waals surface area (Å²) in [5.41, 5.74) is 0. The van der Waals surface area contributed by atoms with Gasteiger partial charge in [0.15, 0.2) is 0 Å². The molecule has 0 saturated carbocycles. The van der Waals surface area contributed by atoms with E-state index in [0.29, 0.717) is 0 Å². The third-order valence-electron chi connectivity index (χ3n) is 1.34. The predicted octanol–water partition coefficient (Wildman–Crippen LogP) is 1.48. The molecule has 0 bridgehead atoms.